The molecule has 10 rings (SSSR count). The Kier molecular flexibility index (Phi) is 6.68. The second-order valence-electron chi connectivity index (χ2n) is 16.4. The van der Waals surface area contributed by atoms with Crippen molar-refractivity contribution in [2.24, 2.45) is 0 Å². The van der Waals surface area contributed by atoms with Crippen molar-refractivity contribution in [1.29, 1.82) is 0 Å². The Balaban J connectivity index is 1.22. The Morgan fingerprint density at radius 2 is 0.865 bits per heavy atom. The minimum atomic E-state index is -0.396. The maximum Gasteiger partial charge on any atom is 0.0726 e. The first-order valence-corrected chi connectivity index (χ1v) is 18.8. The minimum absolute atomic E-state index is 0.117. The molecule has 3 aliphatic carbocycles. The molecule has 1 heteroatoms. The Morgan fingerprint density at radius 3 is 1.48 bits per heavy atom. The van der Waals surface area contributed by atoms with Gasteiger partial charge in [-0.05, 0) is 120 Å². The molecular formula is C51H43N. The molecule has 3 aliphatic rings. The number of hydrogen-bond donors (Lipinski definition) is 1. The molecule has 0 aliphatic heterocycles. The highest BCUT2D eigenvalue weighted by molar-refractivity contribution is 5.98. The van der Waals surface area contributed by atoms with Crippen LogP contribution in [0.3, 0.4) is 0 Å². The standard InChI is InChI=1S/C51H43N/c1-49(2)28-29-50(3,4)47-30-35(24-27-45(47)49)40-31-41-39-18-10-13-21-44(39)51(42-19-11-8-16-37(42)38-17-9-12-20-43(38)51)46(41)32-48(40)52-36-25-22-34(23-26-36)33-14-6-5-7-15-33/h5-27,30-32,52H,28-29H2,1-4H3. The van der Waals surface area contributed by atoms with Gasteiger partial charge in [-0.25, -0.2) is 0 Å². The van der Waals surface area contributed by atoms with E-state index in [1.807, 2.05) is 0 Å². The van der Waals surface area contributed by atoms with Gasteiger partial charge in [-0.3, -0.25) is 0 Å². The van der Waals surface area contributed by atoms with E-state index in [2.05, 4.69) is 191 Å². The summed E-state index contributed by atoms with van der Waals surface area (Å²) in [5.41, 5.74) is 20.8. The molecule has 52 heavy (non-hydrogen) atoms. The molecule has 1 nitrogen and oxygen atoms in total. The molecule has 0 aromatic heterocycles. The highest BCUT2D eigenvalue weighted by Gasteiger charge is 2.51. The lowest BCUT2D eigenvalue weighted by Gasteiger charge is -2.42. The lowest BCUT2D eigenvalue weighted by molar-refractivity contribution is 0.332. The number of fused-ring (bicyclic) bond motifs is 11. The average molecular weight is 670 g/mol. The van der Waals surface area contributed by atoms with Gasteiger partial charge < -0.3 is 5.32 Å². The van der Waals surface area contributed by atoms with Crippen LogP contribution in [0.2, 0.25) is 0 Å². The van der Waals surface area contributed by atoms with Crippen molar-refractivity contribution in [3.8, 4) is 44.5 Å². The SMILES string of the molecule is CC1(C)CCC(C)(C)c2cc(-c3cc4c(cc3Nc3ccc(-c5ccccc5)cc3)C3(c5ccccc5-c5ccccc53)c3ccccc3-4)ccc21. The quantitative estimate of drug-likeness (QED) is 0.197. The molecule has 0 fully saturated rings. The number of rotatable bonds is 4. The van der Waals surface area contributed by atoms with Gasteiger partial charge in [-0.2, -0.15) is 0 Å². The maximum absolute atomic E-state index is 3.98. The van der Waals surface area contributed by atoms with Crippen LogP contribution in [0.4, 0.5) is 11.4 Å². The normalized spacial score (nSPS) is 16.4. The van der Waals surface area contributed by atoms with Gasteiger partial charge in [0.1, 0.15) is 0 Å². The zero-order chi connectivity index (χ0) is 35.2. The van der Waals surface area contributed by atoms with Gasteiger partial charge in [-0.15, -0.1) is 0 Å². The van der Waals surface area contributed by atoms with E-state index in [1.165, 1.54) is 90.7 Å². The van der Waals surface area contributed by atoms with Crippen molar-refractivity contribution >= 4 is 11.4 Å². The zero-order valence-electron chi connectivity index (χ0n) is 30.4. The molecule has 0 bridgehead atoms. The largest absolute Gasteiger partial charge is 0.355 e. The van der Waals surface area contributed by atoms with Gasteiger partial charge in [0.05, 0.1) is 5.41 Å². The van der Waals surface area contributed by atoms with Gasteiger partial charge in [0.15, 0.2) is 0 Å². The summed E-state index contributed by atoms with van der Waals surface area (Å²) in [6.07, 6.45) is 2.40. The van der Waals surface area contributed by atoms with Gasteiger partial charge >= 0.3 is 0 Å². The maximum atomic E-state index is 3.98. The predicted molar refractivity (Wildman–Crippen MR) is 219 cm³/mol. The Hall–Kier alpha value is -5.66. The van der Waals surface area contributed by atoms with Crippen LogP contribution in [0.5, 0.6) is 0 Å². The fraction of sp³-hybridized carbons (Fsp3) is 0.176. The van der Waals surface area contributed by atoms with E-state index < -0.39 is 5.41 Å². The topological polar surface area (TPSA) is 12.0 Å². The smallest absolute Gasteiger partial charge is 0.0726 e. The molecule has 0 amide bonds. The van der Waals surface area contributed by atoms with E-state index in [9.17, 15) is 0 Å². The van der Waals surface area contributed by atoms with E-state index in [0.29, 0.717) is 0 Å². The minimum Gasteiger partial charge on any atom is -0.355 e. The Labute approximate surface area is 308 Å². The van der Waals surface area contributed by atoms with Gasteiger partial charge in [-0.1, -0.05) is 161 Å². The van der Waals surface area contributed by atoms with Crippen LogP contribution in [0.1, 0.15) is 73.9 Å². The van der Waals surface area contributed by atoms with Gasteiger partial charge in [0.25, 0.3) is 0 Å². The lowest BCUT2D eigenvalue weighted by atomic mass is 9.63. The Bertz CT molecular complexity index is 2490. The van der Waals surface area contributed by atoms with Crippen LogP contribution in [0, 0.1) is 0 Å². The first kappa shape index (κ1) is 31.1. The summed E-state index contributed by atoms with van der Waals surface area (Å²) in [5.74, 6) is 0. The summed E-state index contributed by atoms with van der Waals surface area (Å²) in [5, 5.41) is 3.98. The fourth-order valence-electron chi connectivity index (χ4n) is 9.77. The molecule has 1 spiro atoms. The van der Waals surface area contributed by atoms with Crippen molar-refractivity contribution in [1.82, 2.24) is 0 Å². The molecule has 0 saturated heterocycles. The van der Waals surface area contributed by atoms with E-state index in [4.69, 9.17) is 0 Å². The third kappa shape index (κ3) is 4.42. The second kappa shape index (κ2) is 11.2. The summed E-state index contributed by atoms with van der Waals surface area (Å²) < 4.78 is 0. The van der Waals surface area contributed by atoms with Crippen LogP contribution in [0.15, 0.2) is 158 Å². The summed E-state index contributed by atoms with van der Waals surface area (Å²) >= 11 is 0. The molecule has 1 N–H and O–H groups in total. The molecule has 0 radical (unpaired) electrons. The zero-order valence-corrected chi connectivity index (χ0v) is 30.4. The molecule has 7 aromatic carbocycles. The highest BCUT2D eigenvalue weighted by atomic mass is 14.9. The number of anilines is 2. The summed E-state index contributed by atoms with van der Waals surface area (Å²) in [7, 11) is 0. The van der Waals surface area contributed by atoms with Crippen LogP contribution in [-0.2, 0) is 16.2 Å². The molecule has 0 heterocycles. The van der Waals surface area contributed by atoms with Crippen LogP contribution in [-0.4, -0.2) is 0 Å². The van der Waals surface area contributed by atoms with Gasteiger partial charge in [0, 0.05) is 16.9 Å². The van der Waals surface area contributed by atoms with Crippen molar-refractivity contribution < 1.29 is 0 Å². The second-order valence-corrected chi connectivity index (χ2v) is 16.4. The monoisotopic (exact) mass is 669 g/mol. The van der Waals surface area contributed by atoms with Crippen molar-refractivity contribution in [2.45, 2.75) is 56.8 Å². The summed E-state index contributed by atoms with van der Waals surface area (Å²) in [6.45, 7) is 9.68. The van der Waals surface area contributed by atoms with Gasteiger partial charge in [0.2, 0.25) is 0 Å². The Morgan fingerprint density at radius 1 is 0.365 bits per heavy atom. The third-order valence-corrected chi connectivity index (χ3v) is 12.6. The molecule has 0 saturated carbocycles. The average Bonchev–Trinajstić information content (AvgIpc) is 3.64. The van der Waals surface area contributed by atoms with Crippen molar-refractivity contribution in [3.05, 3.63) is 191 Å². The van der Waals surface area contributed by atoms with Crippen molar-refractivity contribution in [2.75, 3.05) is 5.32 Å². The summed E-state index contributed by atoms with van der Waals surface area (Å²) in [6, 6.07) is 59.1. The first-order valence-electron chi connectivity index (χ1n) is 18.8. The van der Waals surface area contributed by atoms with Crippen LogP contribution >= 0.6 is 0 Å². The van der Waals surface area contributed by atoms with E-state index in [-0.39, 0.29) is 10.8 Å². The molecule has 7 aromatic rings. The third-order valence-electron chi connectivity index (χ3n) is 12.6. The highest BCUT2D eigenvalue weighted by Crippen LogP contribution is 2.63. The number of hydrogen-bond acceptors (Lipinski definition) is 1. The molecule has 252 valence electrons. The van der Waals surface area contributed by atoms with Crippen LogP contribution in [0.25, 0.3) is 44.5 Å². The van der Waals surface area contributed by atoms with E-state index >= 15 is 0 Å². The fourth-order valence-corrected chi connectivity index (χ4v) is 9.77. The molecule has 0 unspecified atom stereocenters. The number of nitrogens with one attached hydrogen (secondary N) is 1. The number of benzene rings is 7. The predicted octanol–water partition coefficient (Wildman–Crippen LogP) is 13.5. The lowest BCUT2D eigenvalue weighted by Crippen LogP contribution is -2.33. The van der Waals surface area contributed by atoms with Crippen molar-refractivity contribution in [3.63, 3.8) is 0 Å². The first-order chi connectivity index (χ1) is 25.3. The molecule has 0 atom stereocenters. The summed E-state index contributed by atoms with van der Waals surface area (Å²) in [4.78, 5) is 0. The molecular weight excluding hydrogens is 627 g/mol. The van der Waals surface area contributed by atoms with E-state index in [0.717, 1.165) is 11.4 Å². The van der Waals surface area contributed by atoms with E-state index in [1.54, 1.807) is 0 Å². The van der Waals surface area contributed by atoms with Crippen LogP contribution < -0.4 is 5.32 Å².